The van der Waals surface area contributed by atoms with Crippen molar-refractivity contribution in [2.45, 2.75) is 83.1 Å². The zero-order valence-electron chi connectivity index (χ0n) is 27.8. The molecule has 256 valence electrons. The molecule has 3 aromatic heterocycles. The fraction of sp³-hybridized carbons (Fsp3) is 0.571. The van der Waals surface area contributed by atoms with Crippen molar-refractivity contribution in [1.29, 1.82) is 5.26 Å². The first-order chi connectivity index (χ1) is 23.0. The number of piperidine rings is 1. The van der Waals surface area contributed by atoms with Crippen LogP contribution in [0.2, 0.25) is 0 Å². The van der Waals surface area contributed by atoms with Gasteiger partial charge in [0.05, 0.1) is 11.8 Å². The number of nitriles is 1. The number of aryl methyl sites for hydroxylation is 1. The van der Waals surface area contributed by atoms with Crippen LogP contribution in [-0.2, 0) is 19.5 Å². The second kappa shape index (κ2) is 13.8. The molecule has 3 unspecified atom stereocenters. The Labute approximate surface area is 288 Å². The summed E-state index contributed by atoms with van der Waals surface area (Å²) in [7, 11) is 0. The molecule has 8 nitrogen and oxygen atoms in total. The first-order valence-electron chi connectivity index (χ1n) is 17.0. The van der Waals surface area contributed by atoms with Gasteiger partial charge in [-0.1, -0.05) is 24.9 Å². The van der Waals surface area contributed by atoms with Gasteiger partial charge in [0.15, 0.2) is 0 Å². The highest BCUT2D eigenvalue weighted by atomic mass is 32.2. The predicted molar refractivity (Wildman–Crippen MR) is 188 cm³/mol. The van der Waals surface area contributed by atoms with E-state index in [9.17, 15) is 18.4 Å². The average Bonchev–Trinajstić information content (AvgIpc) is 3.42. The van der Waals surface area contributed by atoms with Gasteiger partial charge in [-0.05, 0) is 68.4 Å². The van der Waals surface area contributed by atoms with E-state index in [0.717, 1.165) is 104 Å². The number of anilines is 1. The minimum atomic E-state index is -4.25. The Balaban J connectivity index is 0.959. The van der Waals surface area contributed by atoms with Crippen molar-refractivity contribution < 1.29 is 13.2 Å². The van der Waals surface area contributed by atoms with Gasteiger partial charge >= 0.3 is 6.18 Å². The van der Waals surface area contributed by atoms with Crippen LogP contribution in [0.4, 0.5) is 19.0 Å². The molecule has 0 amide bonds. The summed E-state index contributed by atoms with van der Waals surface area (Å²) in [5, 5.41) is 16.2. The van der Waals surface area contributed by atoms with Gasteiger partial charge in [-0.2, -0.15) is 18.4 Å². The minimum Gasteiger partial charge on any atom is -0.367 e. The van der Waals surface area contributed by atoms with Crippen LogP contribution >= 0.6 is 23.3 Å². The number of benzene rings is 1. The van der Waals surface area contributed by atoms with Crippen LogP contribution in [0.15, 0.2) is 30.6 Å². The van der Waals surface area contributed by atoms with Gasteiger partial charge in [-0.15, -0.1) is 11.3 Å². The van der Waals surface area contributed by atoms with E-state index in [1.54, 1.807) is 6.07 Å². The molecule has 0 bridgehead atoms. The second-order valence-corrected chi connectivity index (χ2v) is 16.3. The highest BCUT2D eigenvalue weighted by Gasteiger charge is 2.36. The quantitative estimate of drug-likeness (QED) is 0.177. The van der Waals surface area contributed by atoms with E-state index in [4.69, 9.17) is 0 Å². The van der Waals surface area contributed by atoms with Crippen molar-refractivity contribution in [2.75, 3.05) is 44.6 Å². The Bertz CT molecular complexity index is 1800. The molecule has 3 fully saturated rings. The number of likely N-dealkylation sites (tertiary alicyclic amines) is 1. The Morgan fingerprint density at radius 1 is 1.08 bits per heavy atom. The van der Waals surface area contributed by atoms with Gasteiger partial charge in [0.25, 0.3) is 0 Å². The molecule has 1 saturated carbocycles. The molecule has 3 aliphatic rings. The van der Waals surface area contributed by atoms with E-state index in [1.807, 2.05) is 0 Å². The summed E-state index contributed by atoms with van der Waals surface area (Å²) in [4.78, 5) is 14.4. The SMILES string of the molecule is Cc1c(CN2CCC(Nc3ncnc4sc(CC(F)(F)F)cc34)CC2)ccc2c1cc(C#N)n2CC(C)N1CCN(SC2CC2C)CC1. The summed E-state index contributed by atoms with van der Waals surface area (Å²) >= 11 is 3.13. The number of nitrogens with one attached hydrogen (secondary N) is 1. The second-order valence-electron chi connectivity index (χ2n) is 13.8. The number of alkyl halides is 3. The maximum Gasteiger partial charge on any atom is 0.393 e. The number of aromatic nitrogens is 3. The fourth-order valence-corrected chi connectivity index (χ4v) is 9.59. The molecular formula is C35H43F3N8S2. The van der Waals surface area contributed by atoms with Crippen LogP contribution in [0.25, 0.3) is 21.1 Å². The first-order valence-corrected chi connectivity index (χ1v) is 18.7. The number of nitrogens with zero attached hydrogens (tertiary/aromatic N) is 7. The summed E-state index contributed by atoms with van der Waals surface area (Å²) in [6, 6.07) is 11.1. The zero-order valence-corrected chi connectivity index (χ0v) is 29.4. The lowest BCUT2D eigenvalue weighted by molar-refractivity contribution is -0.126. The van der Waals surface area contributed by atoms with Crippen LogP contribution in [0, 0.1) is 24.2 Å². The third kappa shape index (κ3) is 7.48. The van der Waals surface area contributed by atoms with E-state index in [-0.39, 0.29) is 10.9 Å². The van der Waals surface area contributed by atoms with Gasteiger partial charge in [0.2, 0.25) is 0 Å². The van der Waals surface area contributed by atoms with Crippen LogP contribution in [-0.4, -0.2) is 91.4 Å². The largest absolute Gasteiger partial charge is 0.393 e. The summed E-state index contributed by atoms with van der Waals surface area (Å²) in [5.41, 5.74) is 4.35. The lowest BCUT2D eigenvalue weighted by Crippen LogP contribution is -2.48. The molecule has 48 heavy (non-hydrogen) atoms. The number of halogens is 3. The molecule has 4 aromatic rings. The first kappa shape index (κ1) is 33.6. The van der Waals surface area contributed by atoms with Crippen LogP contribution in [0.3, 0.4) is 0 Å². The third-order valence-corrected chi connectivity index (χ3v) is 13.0. The topological polar surface area (TPSA) is 76.2 Å². The molecule has 7 rings (SSSR count). The number of hydrogen-bond donors (Lipinski definition) is 1. The maximum atomic E-state index is 13.0. The van der Waals surface area contributed by atoms with Gasteiger partial charge < -0.3 is 9.88 Å². The van der Waals surface area contributed by atoms with E-state index in [0.29, 0.717) is 22.1 Å². The van der Waals surface area contributed by atoms with Crippen molar-refractivity contribution in [3.8, 4) is 6.07 Å². The Kier molecular flexibility index (Phi) is 9.65. The van der Waals surface area contributed by atoms with Gasteiger partial charge in [0, 0.05) is 85.5 Å². The Morgan fingerprint density at radius 3 is 2.52 bits per heavy atom. The van der Waals surface area contributed by atoms with Crippen molar-refractivity contribution >= 4 is 50.2 Å². The summed E-state index contributed by atoms with van der Waals surface area (Å²) < 4.78 is 43.6. The summed E-state index contributed by atoms with van der Waals surface area (Å²) in [6.45, 7) is 14.6. The smallest absolute Gasteiger partial charge is 0.367 e. The monoisotopic (exact) mass is 696 g/mol. The fourth-order valence-electron chi connectivity index (χ4n) is 7.21. The van der Waals surface area contributed by atoms with Crippen molar-refractivity contribution in [1.82, 2.24) is 28.6 Å². The highest BCUT2D eigenvalue weighted by Crippen LogP contribution is 2.43. The van der Waals surface area contributed by atoms with E-state index >= 15 is 0 Å². The maximum absolute atomic E-state index is 13.0. The molecule has 2 saturated heterocycles. The Morgan fingerprint density at radius 2 is 1.83 bits per heavy atom. The summed E-state index contributed by atoms with van der Waals surface area (Å²) in [5.74, 6) is 1.47. The van der Waals surface area contributed by atoms with Crippen LogP contribution in [0.1, 0.15) is 54.8 Å². The molecule has 5 heterocycles. The van der Waals surface area contributed by atoms with Crippen molar-refractivity contribution in [3.05, 3.63) is 52.3 Å². The van der Waals surface area contributed by atoms with Gasteiger partial charge in [-0.3, -0.25) is 9.80 Å². The number of fused-ring (bicyclic) bond motifs is 2. The molecular weight excluding hydrogens is 654 g/mol. The van der Waals surface area contributed by atoms with Gasteiger partial charge in [-0.25, -0.2) is 14.3 Å². The average molecular weight is 697 g/mol. The lowest BCUT2D eigenvalue weighted by atomic mass is 10.0. The molecule has 2 aliphatic heterocycles. The number of rotatable bonds is 10. The van der Waals surface area contributed by atoms with E-state index in [2.05, 4.69) is 90.9 Å². The third-order valence-electron chi connectivity index (χ3n) is 10.3. The number of piperazine rings is 1. The Hall–Kier alpha value is -2.89. The standard InChI is InChI=1S/C35H43F3N8S2/c1-22-14-32(22)48-45-12-10-44(11-13-45)23(2)19-46-27(18-39)15-29-24(3)25(4-5-31(29)46)20-43-8-6-26(7-9-43)42-33-30-16-28(17-35(36,37)38)47-34(30)41-21-40-33/h4-5,15-16,21-23,26,32H,6-14,17,19-20H2,1-3H3,(H,40,41,42). The van der Waals surface area contributed by atoms with Gasteiger partial charge in [0.1, 0.15) is 28.7 Å². The van der Waals surface area contributed by atoms with Crippen LogP contribution in [0.5, 0.6) is 0 Å². The highest BCUT2D eigenvalue weighted by molar-refractivity contribution is 7.97. The molecule has 1 N–H and O–H groups in total. The van der Waals surface area contributed by atoms with Crippen molar-refractivity contribution in [2.24, 2.45) is 5.92 Å². The number of thiophene rings is 1. The molecule has 0 radical (unpaired) electrons. The molecule has 0 spiro atoms. The normalized spacial score (nSPS) is 22.4. The van der Waals surface area contributed by atoms with Crippen LogP contribution < -0.4 is 5.32 Å². The zero-order chi connectivity index (χ0) is 33.6. The summed E-state index contributed by atoms with van der Waals surface area (Å²) in [6.07, 6.45) is -0.606. The molecule has 1 aromatic carbocycles. The molecule has 3 atom stereocenters. The molecule has 13 heteroatoms. The lowest BCUT2D eigenvalue weighted by Gasteiger charge is -2.37. The van der Waals surface area contributed by atoms with Crippen molar-refractivity contribution in [3.63, 3.8) is 0 Å². The van der Waals surface area contributed by atoms with E-state index in [1.165, 1.54) is 23.9 Å². The molecule has 1 aliphatic carbocycles. The number of hydrogen-bond acceptors (Lipinski definition) is 9. The van der Waals surface area contributed by atoms with E-state index < -0.39 is 12.6 Å². The minimum absolute atomic E-state index is 0.187. The predicted octanol–water partition coefficient (Wildman–Crippen LogP) is 7.07.